The summed E-state index contributed by atoms with van der Waals surface area (Å²) in [7, 11) is 1.66. The number of aromatic nitrogens is 1. The number of nitrogens with zero attached hydrogens (tertiary/aromatic N) is 1. The molecule has 0 unspecified atom stereocenters. The van der Waals surface area contributed by atoms with Crippen molar-refractivity contribution in [2.75, 3.05) is 12.4 Å². The van der Waals surface area contributed by atoms with Gasteiger partial charge in [-0.3, -0.25) is 4.79 Å². The third-order valence-corrected chi connectivity index (χ3v) is 1.20. The molecule has 0 aliphatic rings. The van der Waals surface area contributed by atoms with Crippen LogP contribution in [0.2, 0.25) is 0 Å². The van der Waals surface area contributed by atoms with Gasteiger partial charge in [-0.1, -0.05) is 0 Å². The Morgan fingerprint density at radius 3 is 3.10 bits per heavy atom. The first kappa shape index (κ1) is 3.81. The summed E-state index contributed by atoms with van der Waals surface area (Å²) in [4.78, 5) is 11.1. The number of rotatable bonds is 1. The van der Waals surface area contributed by atoms with Crippen molar-refractivity contribution in [3.05, 3.63) is 28.7 Å². The predicted molar refractivity (Wildman–Crippen MR) is 41.2 cm³/mol. The summed E-state index contributed by atoms with van der Waals surface area (Å²) < 4.78 is 21.9. The van der Waals surface area contributed by atoms with E-state index in [9.17, 15) is 4.79 Å². The molecule has 0 saturated heterocycles. The van der Waals surface area contributed by atoms with Gasteiger partial charge in [-0.2, -0.15) is 0 Å². The number of nitrogens with one attached hydrogen (secondary N) is 1. The van der Waals surface area contributed by atoms with E-state index in [1.165, 1.54) is 18.3 Å². The van der Waals surface area contributed by atoms with Crippen LogP contribution in [-0.2, 0) is 6.98 Å². The average Bonchev–Trinajstić information content (AvgIpc) is 2.03. The number of anilines is 1. The molecule has 1 N–H and O–H groups in total. The fourth-order valence-corrected chi connectivity index (χ4v) is 0.635. The van der Waals surface area contributed by atoms with Gasteiger partial charge in [0.05, 0.1) is 5.69 Å². The highest BCUT2D eigenvalue weighted by Crippen LogP contribution is 1.98. The molecule has 3 nitrogen and oxygen atoms in total. The van der Waals surface area contributed by atoms with Crippen LogP contribution in [0.5, 0.6) is 0 Å². The molecule has 0 fully saturated rings. The van der Waals surface area contributed by atoms with Crippen LogP contribution in [-0.4, -0.2) is 11.6 Å². The standard InChI is InChI=1S/C7H10N2O/c1-8-6-3-4-7(10)9(2)5-6/h3-5,8H,1-2H3/i2D3. The minimum Gasteiger partial charge on any atom is -0.387 e. The summed E-state index contributed by atoms with van der Waals surface area (Å²) in [5, 5.41) is 2.76. The van der Waals surface area contributed by atoms with Crippen molar-refractivity contribution in [2.24, 2.45) is 6.98 Å². The number of hydrogen-bond donors (Lipinski definition) is 1. The van der Waals surface area contributed by atoms with Crippen LogP contribution in [0, 0.1) is 0 Å². The Morgan fingerprint density at radius 2 is 2.50 bits per heavy atom. The van der Waals surface area contributed by atoms with Gasteiger partial charge in [-0.05, 0) is 6.07 Å². The number of pyridine rings is 1. The number of hydrogen-bond acceptors (Lipinski definition) is 2. The monoisotopic (exact) mass is 141 g/mol. The molecule has 0 radical (unpaired) electrons. The Labute approximate surface area is 63.5 Å². The lowest BCUT2D eigenvalue weighted by Gasteiger charge is -2.00. The zero-order valence-corrected chi connectivity index (χ0v) is 5.59. The average molecular weight is 141 g/mol. The minimum atomic E-state index is -2.41. The summed E-state index contributed by atoms with van der Waals surface area (Å²) in [5.74, 6) is 0. The number of aryl methyl sites for hydroxylation is 1. The molecule has 1 aromatic heterocycles. The van der Waals surface area contributed by atoms with Crippen molar-refractivity contribution in [3.8, 4) is 0 Å². The van der Waals surface area contributed by atoms with E-state index in [1.807, 2.05) is 0 Å². The highest BCUT2D eigenvalue weighted by Gasteiger charge is 1.89. The summed E-state index contributed by atoms with van der Waals surface area (Å²) >= 11 is 0. The van der Waals surface area contributed by atoms with Crippen LogP contribution >= 0.6 is 0 Å². The van der Waals surface area contributed by atoms with Gasteiger partial charge < -0.3 is 9.88 Å². The molecule has 0 aliphatic carbocycles. The summed E-state index contributed by atoms with van der Waals surface area (Å²) in [6.45, 7) is -2.41. The summed E-state index contributed by atoms with van der Waals surface area (Å²) in [6, 6.07) is 2.75. The van der Waals surface area contributed by atoms with Gasteiger partial charge in [0.15, 0.2) is 0 Å². The molecule has 10 heavy (non-hydrogen) atoms. The fraction of sp³-hybridized carbons (Fsp3) is 0.286. The third-order valence-electron chi connectivity index (χ3n) is 1.20. The van der Waals surface area contributed by atoms with Crippen molar-refractivity contribution in [1.29, 1.82) is 0 Å². The molecule has 1 aromatic rings. The van der Waals surface area contributed by atoms with E-state index in [0.29, 0.717) is 5.69 Å². The van der Waals surface area contributed by atoms with Crippen LogP contribution in [0.25, 0.3) is 0 Å². The quantitative estimate of drug-likeness (QED) is 0.615. The lowest BCUT2D eigenvalue weighted by atomic mass is 10.4. The van der Waals surface area contributed by atoms with Crippen LogP contribution in [0.4, 0.5) is 5.69 Å². The van der Waals surface area contributed by atoms with Crippen molar-refractivity contribution in [3.63, 3.8) is 0 Å². The van der Waals surface area contributed by atoms with Crippen molar-refractivity contribution in [2.45, 2.75) is 0 Å². The van der Waals surface area contributed by atoms with Crippen LogP contribution in [0.15, 0.2) is 23.1 Å². The minimum absolute atomic E-state index is 0.529. The first-order chi connectivity index (χ1) is 5.95. The molecular formula is C7H10N2O. The molecule has 0 aromatic carbocycles. The topological polar surface area (TPSA) is 34.0 Å². The molecule has 0 atom stereocenters. The normalized spacial score (nSPS) is 15.1. The van der Waals surface area contributed by atoms with Crippen molar-refractivity contribution < 1.29 is 4.11 Å². The van der Waals surface area contributed by atoms with Gasteiger partial charge in [-0.25, -0.2) is 0 Å². The lowest BCUT2D eigenvalue weighted by molar-refractivity contribution is 0.862. The predicted octanol–water partition coefficient (Wildman–Crippen LogP) is 0.427. The molecule has 54 valence electrons. The highest BCUT2D eigenvalue weighted by molar-refractivity contribution is 5.38. The Kier molecular flexibility index (Phi) is 0.974. The van der Waals surface area contributed by atoms with E-state index < -0.39 is 12.5 Å². The van der Waals surface area contributed by atoms with Crippen molar-refractivity contribution in [1.82, 2.24) is 4.57 Å². The van der Waals surface area contributed by atoms with E-state index in [1.54, 1.807) is 7.05 Å². The maximum Gasteiger partial charge on any atom is 0.250 e. The summed E-state index contributed by atoms with van der Waals surface area (Å²) in [6.07, 6.45) is 1.27. The third kappa shape index (κ3) is 1.18. The molecule has 3 heteroatoms. The van der Waals surface area contributed by atoms with Gasteiger partial charge in [0.1, 0.15) is 0 Å². The smallest absolute Gasteiger partial charge is 0.250 e. The molecule has 0 saturated carbocycles. The Morgan fingerprint density at radius 1 is 1.70 bits per heavy atom. The molecule has 0 spiro atoms. The second-order valence-corrected chi connectivity index (χ2v) is 1.88. The van der Waals surface area contributed by atoms with E-state index in [4.69, 9.17) is 4.11 Å². The first-order valence-electron chi connectivity index (χ1n) is 4.36. The first-order valence-corrected chi connectivity index (χ1v) is 2.86. The van der Waals surface area contributed by atoms with Crippen LogP contribution in [0.3, 0.4) is 0 Å². The molecule has 0 amide bonds. The van der Waals surface area contributed by atoms with Gasteiger partial charge >= 0.3 is 0 Å². The Balaban J connectivity index is 3.28. The summed E-state index contributed by atoms with van der Waals surface area (Å²) in [5.41, 5.74) is 0.0646. The molecule has 1 rings (SSSR count). The Bertz CT molecular complexity index is 355. The van der Waals surface area contributed by atoms with Crippen LogP contribution in [0.1, 0.15) is 4.11 Å². The molecular weight excluding hydrogens is 128 g/mol. The van der Waals surface area contributed by atoms with E-state index in [0.717, 1.165) is 4.57 Å². The maximum absolute atomic E-state index is 11.1. The van der Waals surface area contributed by atoms with E-state index >= 15 is 0 Å². The Hall–Kier alpha value is -1.25. The zero-order valence-electron chi connectivity index (χ0n) is 8.59. The second kappa shape index (κ2) is 2.56. The van der Waals surface area contributed by atoms with Gasteiger partial charge in [-0.15, -0.1) is 0 Å². The van der Waals surface area contributed by atoms with Gasteiger partial charge in [0.25, 0.3) is 0 Å². The SMILES string of the molecule is [2H]C([2H])([2H])n1cc(NC)ccc1=O. The maximum atomic E-state index is 11.1. The van der Waals surface area contributed by atoms with E-state index in [2.05, 4.69) is 5.32 Å². The largest absolute Gasteiger partial charge is 0.387 e. The van der Waals surface area contributed by atoms with Crippen molar-refractivity contribution >= 4 is 5.69 Å². The fourth-order valence-electron chi connectivity index (χ4n) is 0.635. The van der Waals surface area contributed by atoms with Crippen LogP contribution < -0.4 is 10.9 Å². The zero-order chi connectivity index (χ0) is 10.1. The van der Waals surface area contributed by atoms with Gasteiger partial charge in [0, 0.05) is 30.4 Å². The molecule has 0 aliphatic heterocycles. The lowest BCUT2D eigenvalue weighted by Crippen LogP contribution is -2.14. The molecule has 0 bridgehead atoms. The van der Waals surface area contributed by atoms with Gasteiger partial charge in [0.2, 0.25) is 5.56 Å². The van der Waals surface area contributed by atoms with E-state index in [-0.39, 0.29) is 0 Å². The molecule has 1 heterocycles. The second-order valence-electron chi connectivity index (χ2n) is 1.88. The highest BCUT2D eigenvalue weighted by atomic mass is 16.1.